The van der Waals surface area contributed by atoms with Crippen LogP contribution in [-0.4, -0.2) is 37.0 Å². The number of hydrogen-bond donors (Lipinski definition) is 0. The van der Waals surface area contributed by atoms with Crippen molar-refractivity contribution in [2.24, 2.45) is 11.8 Å². The predicted octanol–water partition coefficient (Wildman–Crippen LogP) is 2.27. The number of benzene rings is 1. The van der Waals surface area contributed by atoms with E-state index in [1.54, 1.807) is 0 Å². The predicted molar refractivity (Wildman–Crippen MR) is 72.6 cm³/mol. The second-order valence-electron chi connectivity index (χ2n) is 6.07. The lowest BCUT2D eigenvalue weighted by atomic mass is 9.90. The average Bonchev–Trinajstić information content (AvgIpc) is 2.97. The molecule has 3 nitrogen and oxygen atoms in total. The quantitative estimate of drug-likeness (QED) is 0.813. The summed E-state index contributed by atoms with van der Waals surface area (Å²) in [7, 11) is 0. The summed E-state index contributed by atoms with van der Waals surface area (Å²) in [6.07, 6.45) is 2.52. The molecule has 1 spiro atoms. The molecule has 1 aromatic rings. The van der Waals surface area contributed by atoms with Crippen LogP contribution >= 0.6 is 0 Å². The lowest BCUT2D eigenvalue weighted by molar-refractivity contribution is -0.231. The van der Waals surface area contributed by atoms with Gasteiger partial charge in [-0.15, -0.1) is 0 Å². The molecule has 3 aliphatic rings. The molecule has 2 heterocycles. The van der Waals surface area contributed by atoms with Crippen LogP contribution in [0.1, 0.15) is 18.4 Å². The zero-order valence-corrected chi connectivity index (χ0v) is 11.3. The molecule has 2 atom stereocenters. The van der Waals surface area contributed by atoms with Crippen LogP contribution in [0.2, 0.25) is 0 Å². The number of piperidine rings is 1. The van der Waals surface area contributed by atoms with Gasteiger partial charge >= 0.3 is 0 Å². The summed E-state index contributed by atoms with van der Waals surface area (Å²) in [5.74, 6) is 0.919. The normalized spacial score (nSPS) is 33.1. The van der Waals surface area contributed by atoms with E-state index in [4.69, 9.17) is 9.47 Å². The molecule has 2 bridgehead atoms. The number of likely N-dealkylation sites (tertiary alicyclic amines) is 1. The van der Waals surface area contributed by atoms with Crippen molar-refractivity contribution < 1.29 is 9.47 Å². The highest BCUT2D eigenvalue weighted by Crippen LogP contribution is 2.50. The van der Waals surface area contributed by atoms with E-state index in [9.17, 15) is 0 Å². The van der Waals surface area contributed by atoms with Crippen molar-refractivity contribution in [1.29, 1.82) is 0 Å². The van der Waals surface area contributed by atoms with Crippen molar-refractivity contribution in [3.8, 4) is 0 Å². The second kappa shape index (κ2) is 4.58. The van der Waals surface area contributed by atoms with Crippen LogP contribution in [0, 0.1) is 11.8 Å². The Labute approximate surface area is 114 Å². The molecule has 19 heavy (non-hydrogen) atoms. The Bertz CT molecular complexity index is 425. The van der Waals surface area contributed by atoms with Gasteiger partial charge in [-0.3, -0.25) is 4.90 Å². The Hall–Kier alpha value is -0.900. The molecule has 1 aromatic carbocycles. The van der Waals surface area contributed by atoms with Crippen LogP contribution in [-0.2, 0) is 16.0 Å². The lowest BCUT2D eigenvalue weighted by Crippen LogP contribution is -2.54. The zero-order valence-electron chi connectivity index (χ0n) is 11.3. The minimum absolute atomic E-state index is 0.215. The number of nitrogens with zero attached hydrogens (tertiary/aromatic N) is 1. The summed E-state index contributed by atoms with van der Waals surface area (Å²) in [6, 6.07) is 10.8. The van der Waals surface area contributed by atoms with Crippen molar-refractivity contribution in [3.63, 3.8) is 0 Å². The molecule has 2 saturated heterocycles. The largest absolute Gasteiger partial charge is 0.347 e. The van der Waals surface area contributed by atoms with Crippen LogP contribution < -0.4 is 0 Å². The molecule has 1 saturated carbocycles. The molecule has 0 radical (unpaired) electrons. The van der Waals surface area contributed by atoms with Gasteiger partial charge in [0.05, 0.1) is 13.2 Å². The third kappa shape index (κ3) is 1.92. The van der Waals surface area contributed by atoms with E-state index in [1.807, 2.05) is 0 Å². The average molecular weight is 259 g/mol. The van der Waals surface area contributed by atoms with Crippen molar-refractivity contribution >= 4 is 0 Å². The van der Waals surface area contributed by atoms with Crippen LogP contribution in [0.5, 0.6) is 0 Å². The molecule has 1 aliphatic carbocycles. The van der Waals surface area contributed by atoms with E-state index < -0.39 is 0 Å². The van der Waals surface area contributed by atoms with Crippen molar-refractivity contribution in [3.05, 3.63) is 35.9 Å². The molecule has 0 amide bonds. The lowest BCUT2D eigenvalue weighted by Gasteiger charge is -2.43. The van der Waals surface area contributed by atoms with Crippen LogP contribution in [0.15, 0.2) is 30.3 Å². The van der Waals surface area contributed by atoms with E-state index in [-0.39, 0.29) is 5.79 Å². The highest BCUT2D eigenvalue weighted by Gasteiger charge is 2.57. The monoisotopic (exact) mass is 259 g/mol. The van der Waals surface area contributed by atoms with Crippen LogP contribution in [0.25, 0.3) is 0 Å². The summed E-state index contributed by atoms with van der Waals surface area (Å²) >= 11 is 0. The molecule has 2 aliphatic heterocycles. The highest BCUT2D eigenvalue weighted by atomic mass is 16.7. The molecular formula is C16H21NO2. The van der Waals surface area contributed by atoms with Gasteiger partial charge in [-0.25, -0.2) is 0 Å². The topological polar surface area (TPSA) is 21.7 Å². The zero-order chi connectivity index (χ0) is 12.7. The molecule has 102 valence electrons. The second-order valence-corrected chi connectivity index (χ2v) is 6.07. The Morgan fingerprint density at radius 3 is 2.26 bits per heavy atom. The standard InChI is InChI=1S/C16H21NO2/c1-2-4-13(5-3-1)10-17-11-14-6-7-15(12-17)16(14)18-8-9-19-16/h1-5,14-15H,6-12H2. The Morgan fingerprint density at radius 1 is 1.00 bits per heavy atom. The fourth-order valence-corrected chi connectivity index (χ4v) is 4.16. The molecule has 3 fully saturated rings. The molecule has 4 rings (SSSR count). The Morgan fingerprint density at radius 2 is 1.63 bits per heavy atom. The fourth-order valence-electron chi connectivity index (χ4n) is 4.16. The fraction of sp³-hybridized carbons (Fsp3) is 0.625. The molecule has 0 N–H and O–H groups in total. The minimum atomic E-state index is -0.215. The first-order valence-corrected chi connectivity index (χ1v) is 7.41. The van der Waals surface area contributed by atoms with Gasteiger partial charge < -0.3 is 9.47 Å². The van der Waals surface area contributed by atoms with E-state index in [1.165, 1.54) is 18.4 Å². The first-order valence-electron chi connectivity index (χ1n) is 7.41. The SMILES string of the molecule is c1ccc(CN2CC3CCC(C2)C32OCCO2)cc1. The maximum absolute atomic E-state index is 6.02. The van der Waals surface area contributed by atoms with Crippen molar-refractivity contribution in [2.75, 3.05) is 26.3 Å². The van der Waals surface area contributed by atoms with E-state index in [0.717, 1.165) is 32.8 Å². The number of rotatable bonds is 2. The Balaban J connectivity index is 1.49. The summed E-state index contributed by atoms with van der Waals surface area (Å²) in [6.45, 7) is 4.86. The van der Waals surface area contributed by atoms with Gasteiger partial charge in [0.1, 0.15) is 0 Å². The summed E-state index contributed by atoms with van der Waals surface area (Å²) in [4.78, 5) is 2.58. The first-order chi connectivity index (χ1) is 9.37. The third-order valence-electron chi connectivity index (χ3n) is 4.95. The van der Waals surface area contributed by atoms with E-state index in [0.29, 0.717) is 11.8 Å². The van der Waals surface area contributed by atoms with Gasteiger partial charge in [-0.05, 0) is 18.4 Å². The molecular weight excluding hydrogens is 238 g/mol. The van der Waals surface area contributed by atoms with Gasteiger partial charge in [0.2, 0.25) is 0 Å². The van der Waals surface area contributed by atoms with Gasteiger partial charge in [-0.1, -0.05) is 30.3 Å². The van der Waals surface area contributed by atoms with E-state index >= 15 is 0 Å². The third-order valence-corrected chi connectivity index (χ3v) is 4.95. The Kier molecular flexibility index (Phi) is 2.87. The van der Waals surface area contributed by atoms with Gasteiger partial charge in [-0.2, -0.15) is 0 Å². The summed E-state index contributed by atoms with van der Waals surface area (Å²) in [5, 5.41) is 0. The highest BCUT2D eigenvalue weighted by molar-refractivity contribution is 5.15. The van der Waals surface area contributed by atoms with E-state index in [2.05, 4.69) is 35.2 Å². The van der Waals surface area contributed by atoms with Gasteiger partial charge in [0.25, 0.3) is 0 Å². The van der Waals surface area contributed by atoms with Crippen LogP contribution in [0.3, 0.4) is 0 Å². The number of hydrogen-bond acceptors (Lipinski definition) is 3. The van der Waals surface area contributed by atoms with Crippen molar-refractivity contribution in [2.45, 2.75) is 25.2 Å². The first kappa shape index (κ1) is 11.9. The molecule has 0 aromatic heterocycles. The van der Waals surface area contributed by atoms with Gasteiger partial charge in [0.15, 0.2) is 5.79 Å². The minimum Gasteiger partial charge on any atom is -0.347 e. The maximum atomic E-state index is 6.02. The summed E-state index contributed by atoms with van der Waals surface area (Å²) < 4.78 is 12.0. The summed E-state index contributed by atoms with van der Waals surface area (Å²) in [5.41, 5.74) is 1.41. The number of ether oxygens (including phenoxy) is 2. The maximum Gasteiger partial charge on any atom is 0.176 e. The van der Waals surface area contributed by atoms with Crippen LogP contribution in [0.4, 0.5) is 0 Å². The van der Waals surface area contributed by atoms with Gasteiger partial charge in [0, 0.05) is 31.5 Å². The molecule has 2 unspecified atom stereocenters. The molecule has 3 heteroatoms. The van der Waals surface area contributed by atoms with Crippen molar-refractivity contribution in [1.82, 2.24) is 4.90 Å². The smallest absolute Gasteiger partial charge is 0.176 e.